The Balaban J connectivity index is 2.17. The van der Waals surface area contributed by atoms with Crippen LogP contribution in [0.1, 0.15) is 36.0 Å². The summed E-state index contributed by atoms with van der Waals surface area (Å²) in [6.07, 6.45) is 0. The molecule has 0 spiro atoms. The first-order chi connectivity index (χ1) is 9.79. The molecule has 0 radical (unpaired) electrons. The number of nitrogens with one attached hydrogen (secondary N) is 1. The van der Waals surface area contributed by atoms with E-state index in [0.29, 0.717) is 5.89 Å². The van der Waals surface area contributed by atoms with Gasteiger partial charge in [-0.25, -0.2) is 0 Å². The zero-order valence-electron chi connectivity index (χ0n) is 11.8. The van der Waals surface area contributed by atoms with Crippen molar-refractivity contribution >= 4 is 11.6 Å². The minimum atomic E-state index is -0.741. The average Bonchev–Trinajstić information content (AvgIpc) is 2.85. The Hall–Kier alpha value is -2.77. The molecule has 1 N–H and O–H groups in total. The van der Waals surface area contributed by atoms with Gasteiger partial charge in [0.05, 0.1) is 10.5 Å². The number of rotatable bonds is 4. The summed E-state index contributed by atoms with van der Waals surface area (Å²) in [7, 11) is 0. The van der Waals surface area contributed by atoms with Gasteiger partial charge in [0.1, 0.15) is 0 Å². The first kappa shape index (κ1) is 14.6. The Labute approximate surface area is 120 Å². The van der Waals surface area contributed by atoms with E-state index in [4.69, 9.17) is 4.42 Å². The van der Waals surface area contributed by atoms with Crippen molar-refractivity contribution in [1.29, 1.82) is 0 Å². The monoisotopic (exact) mass is 290 g/mol. The molecule has 1 heterocycles. The van der Waals surface area contributed by atoms with E-state index in [-0.39, 0.29) is 11.6 Å². The molecule has 0 aliphatic heterocycles. The van der Waals surface area contributed by atoms with Crippen molar-refractivity contribution in [3.63, 3.8) is 0 Å². The zero-order valence-corrected chi connectivity index (χ0v) is 11.8. The minimum Gasteiger partial charge on any atom is -0.417 e. The standard InChI is InChI=1S/C13H14N4O4/c1-8-15-16-12(21-8)11(18)14-13(2,3)9-4-6-10(7-5-9)17(19)20/h4-7H,1-3H3,(H,14,18). The molecule has 8 heteroatoms. The number of hydrogen-bond acceptors (Lipinski definition) is 6. The maximum atomic E-state index is 12.0. The van der Waals surface area contributed by atoms with Crippen molar-refractivity contribution in [3.8, 4) is 0 Å². The third-order valence-electron chi connectivity index (χ3n) is 2.95. The van der Waals surface area contributed by atoms with E-state index in [0.717, 1.165) is 5.56 Å². The fourth-order valence-electron chi connectivity index (χ4n) is 1.80. The lowest BCUT2D eigenvalue weighted by Crippen LogP contribution is -2.41. The summed E-state index contributed by atoms with van der Waals surface area (Å²) in [5.41, 5.74) is -0.0275. The van der Waals surface area contributed by atoms with Gasteiger partial charge in [0, 0.05) is 19.1 Å². The van der Waals surface area contributed by atoms with Crippen LogP contribution in [-0.4, -0.2) is 21.0 Å². The van der Waals surface area contributed by atoms with Crippen LogP contribution >= 0.6 is 0 Å². The fourth-order valence-corrected chi connectivity index (χ4v) is 1.80. The molecule has 0 fully saturated rings. The molecule has 2 rings (SSSR count). The van der Waals surface area contributed by atoms with Crippen LogP contribution in [0.2, 0.25) is 0 Å². The van der Waals surface area contributed by atoms with Crippen LogP contribution < -0.4 is 5.32 Å². The smallest absolute Gasteiger partial charge is 0.309 e. The van der Waals surface area contributed by atoms with Crippen molar-refractivity contribution in [2.24, 2.45) is 0 Å². The van der Waals surface area contributed by atoms with Crippen LogP contribution in [0.15, 0.2) is 28.7 Å². The number of nitro groups is 1. The number of hydrogen-bond donors (Lipinski definition) is 1. The number of aromatic nitrogens is 2. The number of aryl methyl sites for hydroxylation is 1. The third kappa shape index (κ3) is 3.22. The van der Waals surface area contributed by atoms with E-state index in [2.05, 4.69) is 15.5 Å². The topological polar surface area (TPSA) is 111 Å². The summed E-state index contributed by atoms with van der Waals surface area (Å²) < 4.78 is 5.05. The summed E-state index contributed by atoms with van der Waals surface area (Å²) in [6.45, 7) is 5.13. The number of carbonyl (C=O) groups excluding carboxylic acids is 1. The number of nitro benzene ring substituents is 1. The zero-order chi connectivity index (χ0) is 15.6. The van der Waals surface area contributed by atoms with Crippen LogP contribution in [0.5, 0.6) is 0 Å². The molecule has 2 aromatic rings. The highest BCUT2D eigenvalue weighted by Gasteiger charge is 2.26. The molecule has 8 nitrogen and oxygen atoms in total. The Morgan fingerprint density at radius 1 is 1.29 bits per heavy atom. The van der Waals surface area contributed by atoms with Gasteiger partial charge >= 0.3 is 11.8 Å². The van der Waals surface area contributed by atoms with E-state index in [9.17, 15) is 14.9 Å². The van der Waals surface area contributed by atoms with Gasteiger partial charge in [0.2, 0.25) is 5.89 Å². The van der Waals surface area contributed by atoms with Gasteiger partial charge < -0.3 is 9.73 Å². The van der Waals surface area contributed by atoms with Crippen LogP contribution in [0.4, 0.5) is 5.69 Å². The number of carbonyl (C=O) groups is 1. The SMILES string of the molecule is Cc1nnc(C(=O)NC(C)(C)c2ccc([N+](=O)[O-])cc2)o1. The number of non-ortho nitro benzene ring substituents is 1. The summed E-state index contributed by atoms with van der Waals surface area (Å²) in [5, 5.41) is 20.6. The molecular weight excluding hydrogens is 276 g/mol. The molecule has 0 aliphatic carbocycles. The molecule has 0 saturated carbocycles. The minimum absolute atomic E-state index is 0.00611. The number of benzene rings is 1. The Morgan fingerprint density at radius 2 is 1.90 bits per heavy atom. The quantitative estimate of drug-likeness (QED) is 0.680. The summed E-state index contributed by atoms with van der Waals surface area (Å²) in [5.74, 6) is -0.324. The Bertz CT molecular complexity index is 676. The molecule has 0 atom stereocenters. The predicted molar refractivity (Wildman–Crippen MR) is 72.6 cm³/mol. The third-order valence-corrected chi connectivity index (χ3v) is 2.95. The second-order valence-corrected chi connectivity index (χ2v) is 5.01. The molecule has 110 valence electrons. The van der Waals surface area contributed by atoms with E-state index >= 15 is 0 Å². The highest BCUT2D eigenvalue weighted by atomic mass is 16.6. The molecule has 1 aromatic heterocycles. The van der Waals surface area contributed by atoms with E-state index in [1.54, 1.807) is 32.9 Å². The molecule has 21 heavy (non-hydrogen) atoms. The Morgan fingerprint density at radius 3 is 2.38 bits per heavy atom. The fraction of sp³-hybridized carbons (Fsp3) is 0.308. The average molecular weight is 290 g/mol. The van der Waals surface area contributed by atoms with Crippen LogP contribution in [0.3, 0.4) is 0 Å². The normalized spacial score (nSPS) is 11.2. The highest BCUT2D eigenvalue weighted by molar-refractivity contribution is 5.90. The molecule has 0 bridgehead atoms. The Kier molecular flexibility index (Phi) is 3.70. The van der Waals surface area contributed by atoms with Crippen LogP contribution in [0.25, 0.3) is 0 Å². The van der Waals surface area contributed by atoms with Gasteiger partial charge in [0.25, 0.3) is 5.69 Å². The molecule has 1 amide bonds. The first-order valence-electron chi connectivity index (χ1n) is 6.17. The highest BCUT2D eigenvalue weighted by Crippen LogP contribution is 2.23. The van der Waals surface area contributed by atoms with Crippen LogP contribution in [0, 0.1) is 17.0 Å². The van der Waals surface area contributed by atoms with Crippen molar-refractivity contribution in [3.05, 3.63) is 51.7 Å². The van der Waals surface area contributed by atoms with Gasteiger partial charge in [-0.15, -0.1) is 10.2 Å². The second kappa shape index (κ2) is 5.31. The summed E-state index contributed by atoms with van der Waals surface area (Å²) in [6, 6.07) is 5.97. The molecule has 0 saturated heterocycles. The number of amides is 1. The van der Waals surface area contributed by atoms with E-state index in [1.807, 2.05) is 0 Å². The second-order valence-electron chi connectivity index (χ2n) is 5.01. The number of nitrogens with zero attached hydrogens (tertiary/aromatic N) is 3. The van der Waals surface area contributed by atoms with Gasteiger partial charge in [0.15, 0.2) is 0 Å². The van der Waals surface area contributed by atoms with Gasteiger partial charge in [-0.2, -0.15) is 0 Å². The molecule has 0 unspecified atom stereocenters. The lowest BCUT2D eigenvalue weighted by molar-refractivity contribution is -0.384. The van der Waals surface area contributed by atoms with Crippen molar-refractivity contribution in [2.75, 3.05) is 0 Å². The van der Waals surface area contributed by atoms with Crippen molar-refractivity contribution in [1.82, 2.24) is 15.5 Å². The maximum Gasteiger partial charge on any atom is 0.309 e. The maximum absolute atomic E-state index is 12.0. The molecule has 0 aliphatic rings. The predicted octanol–water partition coefficient (Wildman–Crippen LogP) is 1.95. The first-order valence-corrected chi connectivity index (χ1v) is 6.17. The van der Waals surface area contributed by atoms with Crippen molar-refractivity contribution < 1.29 is 14.1 Å². The lowest BCUT2D eigenvalue weighted by Gasteiger charge is -2.25. The van der Waals surface area contributed by atoms with Gasteiger partial charge in [-0.1, -0.05) is 0 Å². The van der Waals surface area contributed by atoms with Crippen molar-refractivity contribution in [2.45, 2.75) is 26.3 Å². The lowest BCUT2D eigenvalue weighted by atomic mass is 9.94. The van der Waals surface area contributed by atoms with Gasteiger partial charge in [-0.05, 0) is 31.5 Å². The van der Waals surface area contributed by atoms with E-state index in [1.165, 1.54) is 12.1 Å². The van der Waals surface area contributed by atoms with E-state index < -0.39 is 16.4 Å². The van der Waals surface area contributed by atoms with Crippen LogP contribution in [-0.2, 0) is 5.54 Å². The molecular formula is C13H14N4O4. The summed E-state index contributed by atoms with van der Waals surface area (Å²) in [4.78, 5) is 22.2. The summed E-state index contributed by atoms with van der Waals surface area (Å²) >= 11 is 0. The molecule has 1 aromatic carbocycles. The van der Waals surface area contributed by atoms with Gasteiger partial charge in [-0.3, -0.25) is 14.9 Å². The largest absolute Gasteiger partial charge is 0.417 e.